The van der Waals surface area contributed by atoms with Gasteiger partial charge in [-0.1, -0.05) is 12.1 Å². The van der Waals surface area contributed by atoms with Crippen LogP contribution in [0, 0.1) is 5.92 Å². The molecule has 4 heteroatoms. The second kappa shape index (κ2) is 8.12. The smallest absolute Gasteiger partial charge is 0.161 e. The van der Waals surface area contributed by atoms with Crippen molar-refractivity contribution >= 4 is 0 Å². The highest BCUT2D eigenvalue weighted by Crippen LogP contribution is 2.27. The Labute approximate surface area is 121 Å². The van der Waals surface area contributed by atoms with Crippen LogP contribution >= 0.6 is 0 Å². The van der Waals surface area contributed by atoms with Crippen LogP contribution in [-0.4, -0.2) is 39.5 Å². The number of nitrogens with one attached hydrogen (secondary N) is 1. The second-order valence-electron chi connectivity index (χ2n) is 5.04. The van der Waals surface area contributed by atoms with Crippen molar-refractivity contribution in [2.24, 2.45) is 5.92 Å². The molecule has 0 amide bonds. The molecule has 2 rings (SSSR count). The average Bonchev–Trinajstić information content (AvgIpc) is 2.50. The molecule has 1 aromatic carbocycles. The number of hydrogen-bond acceptors (Lipinski definition) is 4. The lowest BCUT2D eigenvalue weighted by atomic mass is 9.93. The lowest BCUT2D eigenvalue weighted by Crippen LogP contribution is -2.41. The van der Waals surface area contributed by atoms with E-state index in [0.29, 0.717) is 25.2 Å². The molecule has 0 saturated carbocycles. The summed E-state index contributed by atoms with van der Waals surface area (Å²) in [7, 11) is 2.02. The largest absolute Gasteiger partial charge is 0.490 e. The van der Waals surface area contributed by atoms with E-state index in [2.05, 4.69) is 5.32 Å². The van der Waals surface area contributed by atoms with Crippen molar-refractivity contribution in [3.8, 4) is 11.5 Å². The molecule has 2 unspecified atom stereocenters. The minimum atomic E-state index is 0.521. The first-order valence-corrected chi connectivity index (χ1v) is 7.44. The van der Waals surface area contributed by atoms with Gasteiger partial charge in [-0.25, -0.2) is 0 Å². The van der Waals surface area contributed by atoms with Gasteiger partial charge >= 0.3 is 0 Å². The van der Waals surface area contributed by atoms with Crippen LogP contribution in [0.4, 0.5) is 0 Å². The first-order valence-electron chi connectivity index (χ1n) is 7.44. The highest BCUT2D eigenvalue weighted by Gasteiger charge is 2.24. The molecule has 1 aromatic rings. The Hall–Kier alpha value is -1.26. The molecule has 1 N–H and O–H groups in total. The SMILES string of the molecule is CCOc1ccccc1OCCC1COCCC1NC. The normalized spacial score (nSPS) is 22.5. The van der Waals surface area contributed by atoms with Gasteiger partial charge in [0, 0.05) is 18.6 Å². The van der Waals surface area contributed by atoms with E-state index in [1.165, 1.54) is 0 Å². The van der Waals surface area contributed by atoms with Crippen molar-refractivity contribution in [1.82, 2.24) is 5.32 Å². The van der Waals surface area contributed by atoms with Gasteiger partial charge in [0.05, 0.1) is 19.8 Å². The fourth-order valence-corrected chi connectivity index (χ4v) is 2.63. The minimum absolute atomic E-state index is 0.521. The summed E-state index contributed by atoms with van der Waals surface area (Å²) in [5, 5.41) is 3.37. The molecule has 20 heavy (non-hydrogen) atoms. The zero-order valence-electron chi connectivity index (χ0n) is 12.4. The molecule has 2 atom stereocenters. The summed E-state index contributed by atoms with van der Waals surface area (Å²) in [4.78, 5) is 0. The van der Waals surface area contributed by atoms with Crippen LogP contribution < -0.4 is 14.8 Å². The lowest BCUT2D eigenvalue weighted by molar-refractivity contribution is 0.0255. The zero-order valence-corrected chi connectivity index (χ0v) is 12.4. The summed E-state index contributed by atoms with van der Waals surface area (Å²) < 4.78 is 17.0. The van der Waals surface area contributed by atoms with E-state index in [0.717, 1.165) is 37.6 Å². The van der Waals surface area contributed by atoms with Crippen LogP contribution in [0.25, 0.3) is 0 Å². The molecular weight excluding hydrogens is 254 g/mol. The van der Waals surface area contributed by atoms with Gasteiger partial charge < -0.3 is 19.5 Å². The standard InChI is InChI=1S/C16H25NO3/c1-3-19-15-6-4-5-7-16(15)20-11-8-13-12-18-10-9-14(13)17-2/h4-7,13-14,17H,3,8-12H2,1-2H3. The molecule has 1 aliphatic heterocycles. The molecule has 0 radical (unpaired) electrons. The summed E-state index contributed by atoms with van der Waals surface area (Å²) in [6, 6.07) is 8.37. The number of para-hydroxylation sites is 2. The van der Waals surface area contributed by atoms with E-state index in [-0.39, 0.29) is 0 Å². The molecule has 0 aromatic heterocycles. The van der Waals surface area contributed by atoms with Crippen LogP contribution in [0.1, 0.15) is 19.8 Å². The maximum atomic E-state index is 5.88. The molecule has 0 spiro atoms. The molecule has 1 fully saturated rings. The van der Waals surface area contributed by atoms with Crippen molar-refractivity contribution in [1.29, 1.82) is 0 Å². The van der Waals surface area contributed by atoms with Crippen LogP contribution in [-0.2, 0) is 4.74 Å². The maximum absolute atomic E-state index is 5.88. The van der Waals surface area contributed by atoms with Crippen LogP contribution in [0.15, 0.2) is 24.3 Å². The van der Waals surface area contributed by atoms with Crippen molar-refractivity contribution in [2.45, 2.75) is 25.8 Å². The molecule has 1 aliphatic rings. The van der Waals surface area contributed by atoms with Crippen LogP contribution in [0.5, 0.6) is 11.5 Å². The quantitative estimate of drug-likeness (QED) is 0.832. The third-order valence-electron chi connectivity index (χ3n) is 3.74. The third-order valence-corrected chi connectivity index (χ3v) is 3.74. The summed E-state index contributed by atoms with van der Waals surface area (Å²) in [6.07, 6.45) is 2.07. The van der Waals surface area contributed by atoms with Gasteiger partial charge in [0.15, 0.2) is 11.5 Å². The van der Waals surface area contributed by atoms with Crippen molar-refractivity contribution in [2.75, 3.05) is 33.5 Å². The molecule has 4 nitrogen and oxygen atoms in total. The van der Waals surface area contributed by atoms with E-state index < -0.39 is 0 Å². The van der Waals surface area contributed by atoms with Gasteiger partial charge in [0.1, 0.15) is 0 Å². The van der Waals surface area contributed by atoms with Gasteiger partial charge in [-0.15, -0.1) is 0 Å². The van der Waals surface area contributed by atoms with E-state index in [4.69, 9.17) is 14.2 Å². The van der Waals surface area contributed by atoms with E-state index in [9.17, 15) is 0 Å². The predicted octanol–water partition coefficient (Wildman–Crippen LogP) is 2.48. The van der Waals surface area contributed by atoms with Gasteiger partial charge in [-0.3, -0.25) is 0 Å². The fourth-order valence-electron chi connectivity index (χ4n) is 2.63. The van der Waals surface area contributed by atoms with Gasteiger partial charge in [0.2, 0.25) is 0 Å². The van der Waals surface area contributed by atoms with Crippen LogP contribution in [0.2, 0.25) is 0 Å². The molecule has 0 bridgehead atoms. The Bertz CT molecular complexity index is 397. The van der Waals surface area contributed by atoms with Gasteiger partial charge in [0.25, 0.3) is 0 Å². The summed E-state index contributed by atoms with van der Waals surface area (Å²) in [5.41, 5.74) is 0. The highest BCUT2D eigenvalue weighted by atomic mass is 16.5. The number of ether oxygens (including phenoxy) is 3. The first kappa shape index (κ1) is 15.1. The Morgan fingerprint density at radius 2 is 2.00 bits per heavy atom. The van der Waals surface area contributed by atoms with Crippen molar-refractivity contribution in [3.63, 3.8) is 0 Å². The summed E-state index contributed by atoms with van der Waals surface area (Å²) in [6.45, 7) is 5.00. The van der Waals surface area contributed by atoms with Gasteiger partial charge in [-0.05, 0) is 38.9 Å². The van der Waals surface area contributed by atoms with E-state index in [1.807, 2.05) is 38.2 Å². The fraction of sp³-hybridized carbons (Fsp3) is 0.625. The lowest BCUT2D eigenvalue weighted by Gasteiger charge is -2.31. The van der Waals surface area contributed by atoms with Gasteiger partial charge in [-0.2, -0.15) is 0 Å². The first-order chi connectivity index (χ1) is 9.85. The third kappa shape index (κ3) is 4.12. The highest BCUT2D eigenvalue weighted by molar-refractivity contribution is 5.39. The van der Waals surface area contributed by atoms with Crippen LogP contribution in [0.3, 0.4) is 0 Å². The molecule has 0 aliphatic carbocycles. The minimum Gasteiger partial charge on any atom is -0.490 e. The monoisotopic (exact) mass is 279 g/mol. The summed E-state index contributed by atoms with van der Waals surface area (Å²) in [5.74, 6) is 2.17. The van der Waals surface area contributed by atoms with E-state index >= 15 is 0 Å². The molecule has 1 heterocycles. The zero-order chi connectivity index (χ0) is 14.2. The number of hydrogen-bond donors (Lipinski definition) is 1. The molecule has 112 valence electrons. The number of rotatable bonds is 7. The number of benzene rings is 1. The van der Waals surface area contributed by atoms with Crippen molar-refractivity contribution < 1.29 is 14.2 Å². The molecular formula is C16H25NO3. The van der Waals surface area contributed by atoms with Crippen molar-refractivity contribution in [3.05, 3.63) is 24.3 Å². The Kier molecular flexibility index (Phi) is 6.15. The predicted molar refractivity (Wildman–Crippen MR) is 79.5 cm³/mol. The average molecular weight is 279 g/mol. The second-order valence-corrected chi connectivity index (χ2v) is 5.04. The summed E-state index contributed by atoms with van der Waals surface area (Å²) >= 11 is 0. The Morgan fingerprint density at radius 1 is 1.25 bits per heavy atom. The molecule has 1 saturated heterocycles. The Morgan fingerprint density at radius 3 is 2.70 bits per heavy atom. The maximum Gasteiger partial charge on any atom is 0.161 e. The van der Waals surface area contributed by atoms with E-state index in [1.54, 1.807) is 0 Å². The topological polar surface area (TPSA) is 39.7 Å². The Balaban J connectivity index is 1.83.